The number of rotatable bonds is 3. The van der Waals surface area contributed by atoms with E-state index >= 15 is 0 Å². The average molecular weight is 426 g/mol. The lowest BCUT2D eigenvalue weighted by molar-refractivity contribution is 0.208. The molecule has 8 nitrogen and oxygen atoms in total. The topological polar surface area (TPSA) is 79.2 Å². The van der Waals surface area contributed by atoms with Crippen molar-refractivity contribution in [3.63, 3.8) is 0 Å². The maximum atomic E-state index is 12.7. The van der Waals surface area contributed by atoms with Gasteiger partial charge in [0.05, 0.1) is 5.69 Å². The zero-order valence-corrected chi connectivity index (χ0v) is 18.6. The summed E-state index contributed by atoms with van der Waals surface area (Å²) >= 11 is 1.40. The van der Waals surface area contributed by atoms with Gasteiger partial charge in [-0.1, -0.05) is 51.1 Å². The highest BCUT2D eigenvalue weighted by atomic mass is 32.1. The molecule has 4 rings (SSSR count). The molecule has 1 N–H and O–H groups in total. The van der Waals surface area contributed by atoms with Gasteiger partial charge in [0.2, 0.25) is 5.13 Å². The van der Waals surface area contributed by atoms with E-state index in [4.69, 9.17) is 0 Å². The van der Waals surface area contributed by atoms with Crippen LogP contribution in [0.5, 0.6) is 0 Å². The summed E-state index contributed by atoms with van der Waals surface area (Å²) in [7, 11) is 1.85. The predicted octanol–water partition coefficient (Wildman–Crippen LogP) is 3.59. The van der Waals surface area contributed by atoms with E-state index in [1.165, 1.54) is 11.5 Å². The standard InChI is InChI=1S/C21H27N7OS/c1-21(2,3)16-14-17(26(4)24-16)22-19(29)27-10-12-28(13-11-27)20-23-18(25-30-20)15-8-6-5-7-9-15/h5-9,14H,10-13H2,1-4H3,(H,22,29). The lowest BCUT2D eigenvalue weighted by Gasteiger charge is -2.34. The first-order chi connectivity index (χ1) is 14.3. The number of amides is 2. The van der Waals surface area contributed by atoms with Gasteiger partial charge in [0.25, 0.3) is 0 Å². The molecule has 0 aliphatic carbocycles. The Labute approximate surface area is 180 Å². The van der Waals surface area contributed by atoms with Crippen molar-refractivity contribution in [2.45, 2.75) is 26.2 Å². The summed E-state index contributed by atoms with van der Waals surface area (Å²) in [5.74, 6) is 1.46. The van der Waals surface area contributed by atoms with Crippen molar-refractivity contribution >= 4 is 28.5 Å². The van der Waals surface area contributed by atoms with E-state index in [2.05, 4.69) is 45.4 Å². The minimum atomic E-state index is -0.0969. The molecule has 30 heavy (non-hydrogen) atoms. The number of nitrogens with zero attached hydrogens (tertiary/aromatic N) is 6. The Morgan fingerprint density at radius 3 is 2.43 bits per heavy atom. The number of piperazine rings is 1. The Morgan fingerprint density at radius 1 is 1.10 bits per heavy atom. The molecule has 1 aliphatic heterocycles. The molecule has 3 heterocycles. The number of urea groups is 1. The number of hydrogen-bond donors (Lipinski definition) is 1. The molecule has 1 saturated heterocycles. The summed E-state index contributed by atoms with van der Waals surface area (Å²) < 4.78 is 6.21. The van der Waals surface area contributed by atoms with Gasteiger partial charge in [0.1, 0.15) is 5.82 Å². The van der Waals surface area contributed by atoms with Crippen molar-refractivity contribution in [1.29, 1.82) is 0 Å². The Bertz CT molecular complexity index is 1010. The van der Waals surface area contributed by atoms with Crippen molar-refractivity contribution in [1.82, 2.24) is 24.0 Å². The molecule has 1 aromatic carbocycles. The lowest BCUT2D eigenvalue weighted by Crippen LogP contribution is -2.50. The number of benzene rings is 1. The zero-order valence-electron chi connectivity index (χ0n) is 17.8. The second-order valence-electron chi connectivity index (χ2n) is 8.46. The molecule has 9 heteroatoms. The van der Waals surface area contributed by atoms with Crippen LogP contribution in [0, 0.1) is 0 Å². The third-order valence-electron chi connectivity index (χ3n) is 5.17. The van der Waals surface area contributed by atoms with E-state index < -0.39 is 0 Å². The fraction of sp³-hybridized carbons (Fsp3) is 0.429. The van der Waals surface area contributed by atoms with Gasteiger partial charge in [-0.2, -0.15) is 14.5 Å². The van der Waals surface area contributed by atoms with Crippen molar-refractivity contribution < 1.29 is 4.79 Å². The van der Waals surface area contributed by atoms with Crippen LogP contribution in [-0.2, 0) is 12.5 Å². The Kier molecular flexibility index (Phi) is 5.46. The number of aromatic nitrogens is 4. The minimum Gasteiger partial charge on any atom is -0.343 e. The van der Waals surface area contributed by atoms with E-state index in [1.807, 2.05) is 48.3 Å². The Balaban J connectivity index is 1.35. The number of aryl methyl sites for hydroxylation is 1. The first kappa shape index (κ1) is 20.3. The molecule has 2 amide bonds. The summed E-state index contributed by atoms with van der Waals surface area (Å²) in [6, 6.07) is 11.8. The quantitative estimate of drug-likeness (QED) is 0.694. The lowest BCUT2D eigenvalue weighted by atomic mass is 9.92. The van der Waals surface area contributed by atoms with E-state index in [1.54, 1.807) is 4.68 Å². The Morgan fingerprint density at radius 2 is 1.80 bits per heavy atom. The highest BCUT2D eigenvalue weighted by molar-refractivity contribution is 7.09. The summed E-state index contributed by atoms with van der Waals surface area (Å²) in [6.07, 6.45) is 0. The summed E-state index contributed by atoms with van der Waals surface area (Å²) in [6.45, 7) is 9.06. The van der Waals surface area contributed by atoms with Crippen molar-refractivity contribution in [2.75, 3.05) is 36.4 Å². The fourth-order valence-electron chi connectivity index (χ4n) is 3.29. The third-order valence-corrected chi connectivity index (χ3v) is 5.94. The van der Waals surface area contributed by atoms with Gasteiger partial charge in [-0.15, -0.1) is 0 Å². The fourth-order valence-corrected chi connectivity index (χ4v) is 4.03. The van der Waals surface area contributed by atoms with Crippen LogP contribution < -0.4 is 10.2 Å². The summed E-state index contributed by atoms with van der Waals surface area (Å²) in [4.78, 5) is 21.4. The smallest absolute Gasteiger partial charge is 0.323 e. The second kappa shape index (κ2) is 8.06. The van der Waals surface area contributed by atoms with Gasteiger partial charge in [0.15, 0.2) is 5.82 Å². The molecule has 0 saturated carbocycles. The van der Waals surface area contributed by atoms with Crippen LogP contribution in [-0.4, -0.2) is 56.2 Å². The van der Waals surface area contributed by atoms with Gasteiger partial charge in [-0.25, -0.2) is 4.79 Å². The number of nitrogens with one attached hydrogen (secondary N) is 1. The van der Waals surface area contributed by atoms with Crippen LogP contribution in [0.2, 0.25) is 0 Å². The molecular weight excluding hydrogens is 398 g/mol. The normalized spacial score (nSPS) is 14.8. The molecule has 2 aromatic heterocycles. The maximum Gasteiger partial charge on any atom is 0.323 e. The van der Waals surface area contributed by atoms with Crippen molar-refractivity contribution in [3.8, 4) is 11.4 Å². The second-order valence-corrected chi connectivity index (χ2v) is 9.19. The first-order valence-electron chi connectivity index (χ1n) is 10.1. The van der Waals surface area contributed by atoms with Crippen LogP contribution >= 0.6 is 11.5 Å². The third kappa shape index (κ3) is 4.30. The predicted molar refractivity (Wildman–Crippen MR) is 120 cm³/mol. The van der Waals surface area contributed by atoms with Crippen LogP contribution in [0.4, 0.5) is 15.7 Å². The molecule has 1 aliphatic rings. The van der Waals surface area contributed by atoms with Gasteiger partial charge in [-0.05, 0) is 0 Å². The number of anilines is 2. The monoisotopic (exact) mass is 425 g/mol. The van der Waals surface area contributed by atoms with Gasteiger partial charge in [0, 0.05) is 61.8 Å². The number of hydrogen-bond acceptors (Lipinski definition) is 6. The SMILES string of the molecule is Cn1nc(C(C)(C)C)cc1NC(=O)N1CCN(c2nc(-c3ccccc3)ns2)CC1. The molecule has 158 valence electrons. The summed E-state index contributed by atoms with van der Waals surface area (Å²) in [5, 5.41) is 8.42. The van der Waals surface area contributed by atoms with Crippen molar-refractivity contribution in [2.24, 2.45) is 7.05 Å². The molecule has 3 aromatic rings. The molecule has 0 bridgehead atoms. The van der Waals surface area contributed by atoms with Crippen LogP contribution in [0.25, 0.3) is 11.4 Å². The van der Waals surface area contributed by atoms with E-state index in [0.717, 1.165) is 35.3 Å². The molecule has 0 unspecified atom stereocenters. The molecule has 0 radical (unpaired) electrons. The molecule has 0 atom stereocenters. The minimum absolute atomic E-state index is 0.0628. The number of carbonyl (C=O) groups is 1. The van der Waals surface area contributed by atoms with Crippen LogP contribution in [0.3, 0.4) is 0 Å². The average Bonchev–Trinajstić information content (AvgIpc) is 3.36. The van der Waals surface area contributed by atoms with Crippen LogP contribution in [0.1, 0.15) is 26.5 Å². The van der Waals surface area contributed by atoms with E-state index in [-0.39, 0.29) is 11.4 Å². The first-order valence-corrected chi connectivity index (χ1v) is 10.8. The van der Waals surface area contributed by atoms with E-state index in [9.17, 15) is 4.79 Å². The maximum absolute atomic E-state index is 12.7. The van der Waals surface area contributed by atoms with Crippen molar-refractivity contribution in [3.05, 3.63) is 42.1 Å². The largest absolute Gasteiger partial charge is 0.343 e. The molecule has 0 spiro atoms. The van der Waals surface area contributed by atoms with Gasteiger partial charge >= 0.3 is 6.03 Å². The van der Waals surface area contributed by atoms with Gasteiger partial charge in [-0.3, -0.25) is 10.00 Å². The van der Waals surface area contributed by atoms with Gasteiger partial charge < -0.3 is 9.80 Å². The highest BCUT2D eigenvalue weighted by Gasteiger charge is 2.25. The molecule has 1 fully saturated rings. The van der Waals surface area contributed by atoms with E-state index in [0.29, 0.717) is 18.9 Å². The molecular formula is C21H27N7OS. The summed E-state index contributed by atoms with van der Waals surface area (Å²) in [5.41, 5.74) is 1.91. The Hall–Kier alpha value is -2.94. The highest BCUT2D eigenvalue weighted by Crippen LogP contribution is 2.26. The number of carbonyl (C=O) groups excluding carboxylic acids is 1. The van der Waals surface area contributed by atoms with Crippen LogP contribution in [0.15, 0.2) is 36.4 Å². The zero-order chi connectivity index (χ0) is 21.3.